The van der Waals surface area contributed by atoms with Gasteiger partial charge in [-0.2, -0.15) is 0 Å². The first-order chi connectivity index (χ1) is 16.6. The van der Waals surface area contributed by atoms with Gasteiger partial charge in [0.05, 0.1) is 0 Å². The molecule has 0 fully saturated rings. The molecule has 0 amide bonds. The average Bonchev–Trinajstić information content (AvgIpc) is 3.24. The van der Waals surface area contributed by atoms with E-state index in [1.165, 1.54) is 50.5 Å². The van der Waals surface area contributed by atoms with Crippen LogP contribution in [0.2, 0.25) is 0 Å². The van der Waals surface area contributed by atoms with Crippen molar-refractivity contribution in [2.24, 2.45) is 0 Å². The fraction of sp³-hybridized carbons (Fsp3) is 0.567. The number of fused-ring (bicyclic) bond motifs is 1. The van der Waals surface area contributed by atoms with Crippen molar-refractivity contribution < 1.29 is 9.53 Å². The Morgan fingerprint density at radius 2 is 1.65 bits per heavy atom. The highest BCUT2D eigenvalue weighted by Crippen LogP contribution is 2.29. The summed E-state index contributed by atoms with van der Waals surface area (Å²) in [7, 11) is 4.14. The number of hydrogen-bond donors (Lipinski definition) is 1. The first-order valence-electron chi connectivity index (χ1n) is 13.4. The van der Waals surface area contributed by atoms with Crippen molar-refractivity contribution in [3.05, 3.63) is 54.3 Å². The van der Waals surface area contributed by atoms with Crippen LogP contribution in [0.4, 0.5) is 0 Å². The normalized spacial score (nSPS) is 12.0. The van der Waals surface area contributed by atoms with Gasteiger partial charge in [0.1, 0.15) is 5.75 Å². The molecule has 0 unspecified atom stereocenters. The number of H-pyrrole nitrogens is 1. The number of unbranched alkanes of at least 4 members (excludes halogenated alkanes) is 8. The van der Waals surface area contributed by atoms with Crippen LogP contribution in [0.5, 0.6) is 5.75 Å². The van der Waals surface area contributed by atoms with Gasteiger partial charge in [-0.05, 0) is 76.7 Å². The van der Waals surface area contributed by atoms with Gasteiger partial charge in [0.15, 0.2) is 0 Å². The SMILES string of the molecule is CCCCC/C=C\C/C=C\CCCCCCCC(=O)Oc1cccc2[nH]cc(CCN(C)C)c12. The van der Waals surface area contributed by atoms with E-state index in [1.54, 1.807) is 0 Å². The minimum absolute atomic E-state index is 0.127. The molecule has 1 aromatic heterocycles. The molecule has 2 aromatic rings. The summed E-state index contributed by atoms with van der Waals surface area (Å²) < 4.78 is 5.77. The lowest BCUT2D eigenvalue weighted by Crippen LogP contribution is -2.15. The molecule has 0 aliphatic rings. The molecular formula is C30H46N2O2. The second kappa shape index (κ2) is 17.2. The molecule has 0 saturated heterocycles. The molecule has 0 aliphatic carbocycles. The fourth-order valence-electron chi connectivity index (χ4n) is 4.10. The maximum Gasteiger partial charge on any atom is 0.311 e. The van der Waals surface area contributed by atoms with E-state index in [1.807, 2.05) is 24.4 Å². The van der Waals surface area contributed by atoms with Crippen LogP contribution in [-0.4, -0.2) is 36.5 Å². The quantitative estimate of drug-likeness (QED) is 0.105. The average molecular weight is 467 g/mol. The van der Waals surface area contributed by atoms with Crippen LogP contribution >= 0.6 is 0 Å². The fourth-order valence-corrected chi connectivity index (χ4v) is 4.10. The molecule has 2 rings (SSSR count). The Bertz CT molecular complexity index is 879. The number of allylic oxidation sites excluding steroid dienone is 4. The number of aromatic nitrogens is 1. The van der Waals surface area contributed by atoms with Gasteiger partial charge in [-0.15, -0.1) is 0 Å². The highest BCUT2D eigenvalue weighted by Gasteiger charge is 2.13. The standard InChI is InChI=1S/C30H46N2O2/c1-4-5-6-7-8-9-10-11-12-13-14-15-16-17-18-22-29(33)34-28-21-19-20-27-30(28)26(25-31-27)23-24-32(2)3/h8-9,11-12,19-21,25,31H,4-7,10,13-18,22-24H2,1-3H3/b9-8-,12-11-. The van der Waals surface area contributed by atoms with Crippen LogP contribution in [0.1, 0.15) is 89.5 Å². The number of carbonyl (C=O) groups is 1. The van der Waals surface area contributed by atoms with Crippen LogP contribution in [0.15, 0.2) is 48.7 Å². The first-order valence-corrected chi connectivity index (χ1v) is 13.4. The predicted molar refractivity (Wildman–Crippen MR) is 146 cm³/mol. The number of esters is 1. The van der Waals surface area contributed by atoms with Crippen molar-refractivity contribution in [2.75, 3.05) is 20.6 Å². The van der Waals surface area contributed by atoms with Gasteiger partial charge < -0.3 is 14.6 Å². The highest BCUT2D eigenvalue weighted by atomic mass is 16.5. The molecule has 0 aliphatic heterocycles. The summed E-state index contributed by atoms with van der Waals surface area (Å²) in [4.78, 5) is 17.9. The van der Waals surface area contributed by atoms with E-state index in [0.29, 0.717) is 12.2 Å². The molecule has 0 saturated carbocycles. The smallest absolute Gasteiger partial charge is 0.311 e. The summed E-state index contributed by atoms with van der Waals surface area (Å²) in [6, 6.07) is 5.88. The van der Waals surface area contributed by atoms with Gasteiger partial charge in [-0.1, -0.05) is 69.4 Å². The third-order valence-electron chi connectivity index (χ3n) is 6.13. The molecule has 4 nitrogen and oxygen atoms in total. The molecule has 0 spiro atoms. The number of rotatable bonds is 18. The van der Waals surface area contributed by atoms with E-state index >= 15 is 0 Å². The summed E-state index contributed by atoms with van der Waals surface area (Å²) in [5.74, 6) is 0.554. The molecule has 34 heavy (non-hydrogen) atoms. The molecule has 0 radical (unpaired) electrons. The first kappa shape index (κ1) is 27.9. The van der Waals surface area contributed by atoms with Gasteiger partial charge >= 0.3 is 5.97 Å². The Hall–Kier alpha value is -2.33. The summed E-state index contributed by atoms with van der Waals surface area (Å²) in [6.07, 6.45) is 25.6. The number of nitrogens with one attached hydrogen (secondary N) is 1. The van der Waals surface area contributed by atoms with Gasteiger partial charge in [0.2, 0.25) is 0 Å². The Kier molecular flexibility index (Phi) is 14.1. The van der Waals surface area contributed by atoms with Gasteiger partial charge in [-0.25, -0.2) is 0 Å². The van der Waals surface area contributed by atoms with Crippen molar-refractivity contribution >= 4 is 16.9 Å². The monoisotopic (exact) mass is 466 g/mol. The Labute approximate surface area is 207 Å². The molecule has 1 N–H and O–H groups in total. The summed E-state index contributed by atoms with van der Waals surface area (Å²) >= 11 is 0. The van der Waals surface area contributed by atoms with Crippen molar-refractivity contribution in [1.29, 1.82) is 0 Å². The number of nitrogens with zero attached hydrogens (tertiary/aromatic N) is 1. The van der Waals surface area contributed by atoms with Crippen molar-refractivity contribution in [1.82, 2.24) is 9.88 Å². The van der Waals surface area contributed by atoms with Crippen molar-refractivity contribution in [2.45, 2.75) is 90.4 Å². The lowest BCUT2D eigenvalue weighted by atomic mass is 10.1. The Balaban J connectivity index is 1.58. The number of ether oxygens (including phenoxy) is 1. The van der Waals surface area contributed by atoms with Crippen molar-refractivity contribution in [3.8, 4) is 5.75 Å². The van der Waals surface area contributed by atoms with Crippen LogP contribution < -0.4 is 4.74 Å². The van der Waals surface area contributed by atoms with Crippen LogP contribution in [-0.2, 0) is 11.2 Å². The summed E-state index contributed by atoms with van der Waals surface area (Å²) in [5, 5.41) is 1.04. The minimum Gasteiger partial charge on any atom is -0.426 e. The van der Waals surface area contributed by atoms with E-state index in [9.17, 15) is 4.79 Å². The number of aromatic amines is 1. The lowest BCUT2D eigenvalue weighted by molar-refractivity contribution is -0.134. The zero-order valence-corrected chi connectivity index (χ0v) is 21.8. The zero-order valence-electron chi connectivity index (χ0n) is 21.8. The second-order valence-corrected chi connectivity index (χ2v) is 9.50. The number of likely N-dealkylation sites (N-methyl/N-ethyl adjacent to an activating group) is 1. The van der Waals surface area contributed by atoms with E-state index in [4.69, 9.17) is 4.74 Å². The molecule has 4 heteroatoms. The summed E-state index contributed by atoms with van der Waals surface area (Å²) in [5.41, 5.74) is 2.22. The molecule has 1 heterocycles. The maximum absolute atomic E-state index is 12.4. The largest absolute Gasteiger partial charge is 0.426 e. The second-order valence-electron chi connectivity index (χ2n) is 9.50. The van der Waals surface area contributed by atoms with Crippen LogP contribution in [0, 0.1) is 0 Å². The van der Waals surface area contributed by atoms with Crippen LogP contribution in [0.3, 0.4) is 0 Å². The van der Waals surface area contributed by atoms with Gasteiger partial charge in [0.25, 0.3) is 0 Å². The minimum atomic E-state index is -0.127. The lowest BCUT2D eigenvalue weighted by Gasteiger charge is -2.10. The molecule has 188 valence electrons. The third-order valence-corrected chi connectivity index (χ3v) is 6.13. The van der Waals surface area contributed by atoms with E-state index < -0.39 is 0 Å². The summed E-state index contributed by atoms with van der Waals surface area (Å²) in [6.45, 7) is 3.21. The van der Waals surface area contributed by atoms with Gasteiger partial charge in [0, 0.05) is 30.1 Å². The topological polar surface area (TPSA) is 45.3 Å². The molecular weight excluding hydrogens is 420 g/mol. The molecule has 0 bridgehead atoms. The number of benzene rings is 1. The van der Waals surface area contributed by atoms with Crippen molar-refractivity contribution in [3.63, 3.8) is 0 Å². The van der Waals surface area contributed by atoms with E-state index in [0.717, 1.165) is 49.6 Å². The molecule has 0 atom stereocenters. The number of hydrogen-bond acceptors (Lipinski definition) is 3. The number of carbonyl (C=O) groups excluding carboxylic acids is 1. The Morgan fingerprint density at radius 1 is 0.941 bits per heavy atom. The Morgan fingerprint density at radius 3 is 2.38 bits per heavy atom. The van der Waals surface area contributed by atoms with Gasteiger partial charge in [-0.3, -0.25) is 4.79 Å². The van der Waals surface area contributed by atoms with Crippen LogP contribution in [0.25, 0.3) is 10.9 Å². The molecule has 1 aromatic carbocycles. The maximum atomic E-state index is 12.4. The highest BCUT2D eigenvalue weighted by molar-refractivity contribution is 5.91. The third kappa shape index (κ3) is 11.2. The van der Waals surface area contributed by atoms with E-state index in [-0.39, 0.29) is 5.97 Å². The zero-order chi connectivity index (χ0) is 24.4. The van der Waals surface area contributed by atoms with E-state index in [2.05, 4.69) is 55.2 Å². The predicted octanol–water partition coefficient (Wildman–Crippen LogP) is 7.99.